The molecule has 0 spiro atoms. The van der Waals surface area contributed by atoms with Gasteiger partial charge in [-0.15, -0.1) is 22.7 Å². The number of hydrogen-bond acceptors (Lipinski definition) is 4. The SMILES string of the molecule is O=C(Cc1csc(-c2cccs2)n1)NCc1ccccc1Cl. The zero-order valence-corrected chi connectivity index (χ0v) is 14.0. The summed E-state index contributed by atoms with van der Waals surface area (Å²) in [7, 11) is 0. The summed E-state index contributed by atoms with van der Waals surface area (Å²) in [4.78, 5) is 17.6. The van der Waals surface area contributed by atoms with Gasteiger partial charge in [0.05, 0.1) is 17.0 Å². The van der Waals surface area contributed by atoms with Crippen molar-refractivity contribution in [1.29, 1.82) is 0 Å². The molecule has 0 aliphatic rings. The average Bonchev–Trinajstić information content (AvgIpc) is 3.17. The third-order valence-corrected chi connectivity index (χ3v) is 5.36. The molecule has 112 valence electrons. The van der Waals surface area contributed by atoms with Crippen LogP contribution in [0.25, 0.3) is 9.88 Å². The highest BCUT2D eigenvalue weighted by Gasteiger charge is 2.10. The van der Waals surface area contributed by atoms with Crippen molar-refractivity contribution in [2.24, 2.45) is 0 Å². The Morgan fingerprint density at radius 1 is 1.18 bits per heavy atom. The van der Waals surface area contributed by atoms with Gasteiger partial charge in [0.2, 0.25) is 5.91 Å². The van der Waals surface area contributed by atoms with E-state index < -0.39 is 0 Å². The van der Waals surface area contributed by atoms with E-state index in [2.05, 4.69) is 10.3 Å². The lowest BCUT2D eigenvalue weighted by Crippen LogP contribution is -2.24. The number of rotatable bonds is 5. The number of thiazole rings is 1. The minimum atomic E-state index is -0.0528. The van der Waals surface area contributed by atoms with Gasteiger partial charge in [0.25, 0.3) is 0 Å². The number of aromatic nitrogens is 1. The largest absolute Gasteiger partial charge is 0.352 e. The van der Waals surface area contributed by atoms with Crippen molar-refractivity contribution in [3.05, 3.63) is 63.4 Å². The maximum atomic E-state index is 12.0. The van der Waals surface area contributed by atoms with Crippen LogP contribution >= 0.6 is 34.3 Å². The molecule has 0 radical (unpaired) electrons. The Labute approximate surface area is 141 Å². The van der Waals surface area contributed by atoms with Crippen LogP contribution in [0.5, 0.6) is 0 Å². The standard InChI is InChI=1S/C16H13ClN2OS2/c17-13-5-2-1-4-11(13)9-18-15(20)8-12-10-22-16(19-12)14-6-3-7-21-14/h1-7,10H,8-9H2,(H,18,20). The van der Waals surface area contributed by atoms with Gasteiger partial charge in [0.1, 0.15) is 5.01 Å². The predicted molar refractivity (Wildman–Crippen MR) is 92.4 cm³/mol. The molecule has 0 aliphatic carbocycles. The summed E-state index contributed by atoms with van der Waals surface area (Å²) in [6.45, 7) is 0.431. The zero-order valence-electron chi connectivity index (χ0n) is 11.6. The van der Waals surface area contributed by atoms with Crippen LogP contribution in [0.3, 0.4) is 0 Å². The van der Waals surface area contributed by atoms with E-state index in [1.807, 2.05) is 47.2 Å². The molecular weight excluding hydrogens is 336 g/mol. The van der Waals surface area contributed by atoms with Crippen LogP contribution in [0.1, 0.15) is 11.3 Å². The molecule has 1 aromatic carbocycles. The fourth-order valence-corrected chi connectivity index (χ4v) is 3.80. The number of nitrogens with one attached hydrogen (secondary N) is 1. The Hall–Kier alpha value is -1.69. The molecule has 22 heavy (non-hydrogen) atoms. The molecule has 1 N–H and O–H groups in total. The molecule has 0 fully saturated rings. The summed E-state index contributed by atoms with van der Waals surface area (Å²) in [5.74, 6) is -0.0528. The molecule has 3 nitrogen and oxygen atoms in total. The van der Waals surface area contributed by atoms with Gasteiger partial charge >= 0.3 is 0 Å². The molecule has 2 aromatic heterocycles. The first-order valence-electron chi connectivity index (χ1n) is 6.71. The van der Waals surface area contributed by atoms with Gasteiger partial charge in [-0.05, 0) is 23.1 Å². The van der Waals surface area contributed by atoms with Gasteiger partial charge in [0, 0.05) is 16.9 Å². The fourth-order valence-electron chi connectivity index (χ4n) is 1.96. The summed E-state index contributed by atoms with van der Waals surface area (Å²) < 4.78 is 0. The second-order valence-corrected chi connectivity index (χ2v) is 6.88. The van der Waals surface area contributed by atoms with Gasteiger partial charge in [-0.3, -0.25) is 4.79 Å². The van der Waals surface area contributed by atoms with Crippen LogP contribution in [0.15, 0.2) is 47.2 Å². The molecule has 0 saturated heterocycles. The zero-order chi connectivity index (χ0) is 15.4. The summed E-state index contributed by atoms with van der Waals surface area (Å²) in [5.41, 5.74) is 1.71. The molecule has 3 rings (SSSR count). The van der Waals surface area contributed by atoms with Crippen molar-refractivity contribution in [3.63, 3.8) is 0 Å². The van der Waals surface area contributed by atoms with E-state index in [1.54, 1.807) is 22.7 Å². The van der Waals surface area contributed by atoms with Crippen LogP contribution in [0, 0.1) is 0 Å². The number of nitrogens with zero attached hydrogens (tertiary/aromatic N) is 1. The van der Waals surface area contributed by atoms with Crippen LogP contribution < -0.4 is 5.32 Å². The van der Waals surface area contributed by atoms with E-state index in [4.69, 9.17) is 11.6 Å². The van der Waals surface area contributed by atoms with Crippen LogP contribution in [0.4, 0.5) is 0 Å². The molecule has 0 unspecified atom stereocenters. The first kappa shape index (κ1) is 15.2. The predicted octanol–water partition coefficient (Wildman–Crippen LogP) is 4.38. The Morgan fingerprint density at radius 3 is 2.82 bits per heavy atom. The molecule has 6 heteroatoms. The van der Waals surface area contributed by atoms with Gasteiger partial charge in [-0.2, -0.15) is 0 Å². The Morgan fingerprint density at radius 2 is 2.05 bits per heavy atom. The summed E-state index contributed by atoms with van der Waals surface area (Å²) >= 11 is 9.28. The third kappa shape index (κ3) is 3.74. The Kier molecular flexibility index (Phi) is 4.87. The van der Waals surface area contributed by atoms with E-state index >= 15 is 0 Å². The van der Waals surface area contributed by atoms with Crippen molar-refractivity contribution in [1.82, 2.24) is 10.3 Å². The summed E-state index contributed by atoms with van der Waals surface area (Å²) in [6.07, 6.45) is 0.284. The molecule has 2 heterocycles. The van der Waals surface area contributed by atoms with Gasteiger partial charge in [0.15, 0.2) is 0 Å². The van der Waals surface area contributed by atoms with Gasteiger partial charge < -0.3 is 5.32 Å². The highest BCUT2D eigenvalue weighted by atomic mass is 35.5. The molecule has 0 atom stereocenters. The Bertz CT molecular complexity index is 768. The number of carbonyl (C=O) groups excluding carboxylic acids is 1. The second-order valence-electron chi connectivity index (χ2n) is 4.67. The lowest BCUT2D eigenvalue weighted by atomic mass is 10.2. The lowest BCUT2D eigenvalue weighted by molar-refractivity contribution is -0.120. The van der Waals surface area contributed by atoms with E-state index in [0.717, 1.165) is 21.1 Å². The van der Waals surface area contributed by atoms with Crippen molar-refractivity contribution in [3.8, 4) is 9.88 Å². The molecule has 0 saturated carbocycles. The van der Waals surface area contributed by atoms with E-state index in [1.165, 1.54) is 0 Å². The summed E-state index contributed by atoms with van der Waals surface area (Å²) in [5, 5.41) is 8.46. The van der Waals surface area contributed by atoms with Crippen molar-refractivity contribution < 1.29 is 4.79 Å². The van der Waals surface area contributed by atoms with Crippen molar-refractivity contribution in [2.45, 2.75) is 13.0 Å². The third-order valence-electron chi connectivity index (χ3n) is 3.06. The molecule has 1 amide bonds. The quantitative estimate of drug-likeness (QED) is 0.743. The number of carbonyl (C=O) groups is 1. The highest BCUT2D eigenvalue weighted by molar-refractivity contribution is 7.20. The normalized spacial score (nSPS) is 10.6. The van der Waals surface area contributed by atoms with Crippen LogP contribution in [-0.4, -0.2) is 10.9 Å². The van der Waals surface area contributed by atoms with E-state index in [0.29, 0.717) is 11.6 Å². The topological polar surface area (TPSA) is 42.0 Å². The summed E-state index contributed by atoms with van der Waals surface area (Å²) in [6, 6.07) is 11.5. The first-order valence-corrected chi connectivity index (χ1v) is 8.84. The smallest absolute Gasteiger partial charge is 0.226 e. The van der Waals surface area contributed by atoms with Crippen molar-refractivity contribution in [2.75, 3.05) is 0 Å². The number of hydrogen-bond donors (Lipinski definition) is 1. The number of amides is 1. The maximum absolute atomic E-state index is 12.0. The monoisotopic (exact) mass is 348 g/mol. The Balaban J connectivity index is 1.57. The van der Waals surface area contributed by atoms with Gasteiger partial charge in [-0.1, -0.05) is 35.9 Å². The number of thiophene rings is 1. The number of halogens is 1. The molecule has 0 aliphatic heterocycles. The number of benzene rings is 1. The second kappa shape index (κ2) is 7.05. The van der Waals surface area contributed by atoms with Gasteiger partial charge in [-0.25, -0.2) is 4.98 Å². The minimum absolute atomic E-state index is 0.0528. The average molecular weight is 349 g/mol. The first-order chi connectivity index (χ1) is 10.7. The highest BCUT2D eigenvalue weighted by Crippen LogP contribution is 2.27. The maximum Gasteiger partial charge on any atom is 0.226 e. The molecule has 3 aromatic rings. The van der Waals surface area contributed by atoms with Crippen LogP contribution in [0.2, 0.25) is 5.02 Å². The lowest BCUT2D eigenvalue weighted by Gasteiger charge is -2.05. The van der Waals surface area contributed by atoms with Crippen LogP contribution in [-0.2, 0) is 17.8 Å². The van der Waals surface area contributed by atoms with E-state index in [9.17, 15) is 4.79 Å². The molecule has 0 bridgehead atoms. The fraction of sp³-hybridized carbons (Fsp3) is 0.125. The molecular formula is C16H13ClN2OS2. The minimum Gasteiger partial charge on any atom is -0.352 e. The van der Waals surface area contributed by atoms with E-state index in [-0.39, 0.29) is 12.3 Å². The van der Waals surface area contributed by atoms with Crippen molar-refractivity contribution >= 4 is 40.2 Å².